The van der Waals surface area contributed by atoms with Gasteiger partial charge in [0.05, 0.1) is 5.56 Å². The van der Waals surface area contributed by atoms with Crippen LogP contribution < -0.4 is 10.2 Å². The summed E-state index contributed by atoms with van der Waals surface area (Å²) in [5.41, 5.74) is 2.82. The average molecular weight is 426 g/mol. The Bertz CT molecular complexity index is 915. The average Bonchev–Trinajstić information content (AvgIpc) is 3.29. The molecule has 0 unspecified atom stereocenters. The number of piperidine rings is 1. The zero-order chi connectivity index (χ0) is 21.1. The number of hydrogen-bond donors (Lipinski definition) is 1. The molecule has 2 aliphatic rings. The molecule has 4 rings (SSSR count). The van der Waals surface area contributed by atoms with Crippen molar-refractivity contribution in [2.24, 2.45) is 5.92 Å². The maximum atomic E-state index is 13.3. The zero-order valence-corrected chi connectivity index (χ0v) is 18.1. The van der Waals surface area contributed by atoms with Crippen LogP contribution in [0.25, 0.3) is 0 Å². The van der Waals surface area contributed by atoms with Gasteiger partial charge in [0.1, 0.15) is 0 Å². The fraction of sp³-hybridized carbons (Fsp3) is 0.417. The smallest absolute Gasteiger partial charge is 0.256 e. The van der Waals surface area contributed by atoms with Crippen molar-refractivity contribution in [2.45, 2.75) is 32.6 Å². The summed E-state index contributed by atoms with van der Waals surface area (Å²) in [4.78, 5) is 30.2. The summed E-state index contributed by atoms with van der Waals surface area (Å²) < 4.78 is 0. The Morgan fingerprint density at radius 2 is 1.63 bits per heavy atom. The van der Waals surface area contributed by atoms with Gasteiger partial charge in [-0.15, -0.1) is 0 Å². The van der Waals surface area contributed by atoms with Crippen molar-refractivity contribution in [1.82, 2.24) is 4.90 Å². The molecule has 0 bridgehead atoms. The van der Waals surface area contributed by atoms with E-state index in [0.29, 0.717) is 21.8 Å². The highest BCUT2D eigenvalue weighted by molar-refractivity contribution is 6.30. The van der Waals surface area contributed by atoms with Crippen molar-refractivity contribution in [2.75, 3.05) is 36.4 Å². The van der Waals surface area contributed by atoms with Crippen molar-refractivity contribution >= 4 is 34.8 Å². The molecular formula is C24H28ClN3O2. The van der Waals surface area contributed by atoms with Gasteiger partial charge in [0.25, 0.3) is 11.8 Å². The molecule has 2 fully saturated rings. The van der Waals surface area contributed by atoms with Crippen LogP contribution in [0.15, 0.2) is 42.5 Å². The number of amides is 2. The van der Waals surface area contributed by atoms with Crippen LogP contribution in [-0.4, -0.2) is 42.9 Å². The van der Waals surface area contributed by atoms with Gasteiger partial charge in [0.15, 0.2) is 0 Å². The number of halogens is 1. The highest BCUT2D eigenvalue weighted by atomic mass is 35.5. The van der Waals surface area contributed by atoms with Gasteiger partial charge >= 0.3 is 0 Å². The van der Waals surface area contributed by atoms with E-state index in [1.54, 1.807) is 24.3 Å². The molecule has 0 aliphatic carbocycles. The van der Waals surface area contributed by atoms with Crippen LogP contribution in [-0.2, 0) is 0 Å². The molecule has 2 aliphatic heterocycles. The normalized spacial score (nSPS) is 17.3. The Labute approximate surface area is 183 Å². The van der Waals surface area contributed by atoms with Gasteiger partial charge < -0.3 is 15.1 Å². The molecule has 0 aromatic heterocycles. The molecule has 2 amide bonds. The number of carbonyl (C=O) groups is 2. The number of anilines is 2. The summed E-state index contributed by atoms with van der Waals surface area (Å²) in [6, 6.07) is 12.5. The molecule has 5 nitrogen and oxygen atoms in total. The van der Waals surface area contributed by atoms with E-state index in [0.717, 1.165) is 63.5 Å². The summed E-state index contributed by atoms with van der Waals surface area (Å²) in [6.07, 6.45) is 4.36. The Balaban J connectivity index is 1.60. The molecule has 158 valence electrons. The van der Waals surface area contributed by atoms with E-state index in [2.05, 4.69) is 17.1 Å². The molecule has 30 heavy (non-hydrogen) atoms. The number of likely N-dealkylation sites (tertiary alicyclic amines) is 1. The van der Waals surface area contributed by atoms with Crippen molar-refractivity contribution in [3.63, 3.8) is 0 Å². The second-order valence-corrected chi connectivity index (χ2v) is 8.80. The first-order valence-electron chi connectivity index (χ1n) is 10.8. The maximum Gasteiger partial charge on any atom is 0.256 e. The van der Waals surface area contributed by atoms with Crippen molar-refractivity contribution < 1.29 is 9.59 Å². The van der Waals surface area contributed by atoms with E-state index in [-0.39, 0.29) is 11.8 Å². The van der Waals surface area contributed by atoms with E-state index in [1.165, 1.54) is 0 Å². The summed E-state index contributed by atoms with van der Waals surface area (Å²) >= 11 is 5.92. The van der Waals surface area contributed by atoms with Gasteiger partial charge in [0, 0.05) is 48.1 Å². The third kappa shape index (κ3) is 4.62. The Kier molecular flexibility index (Phi) is 6.28. The molecule has 0 saturated carbocycles. The van der Waals surface area contributed by atoms with Crippen LogP contribution in [0, 0.1) is 5.92 Å². The molecule has 1 N–H and O–H groups in total. The zero-order valence-electron chi connectivity index (χ0n) is 17.4. The van der Waals surface area contributed by atoms with E-state index in [1.807, 2.05) is 23.1 Å². The second kappa shape index (κ2) is 9.09. The third-order valence-corrected chi connectivity index (χ3v) is 6.36. The van der Waals surface area contributed by atoms with Crippen LogP contribution in [0.2, 0.25) is 5.02 Å². The van der Waals surface area contributed by atoms with Crippen LogP contribution in [0.1, 0.15) is 53.3 Å². The molecule has 2 aromatic rings. The molecule has 0 atom stereocenters. The number of hydrogen-bond acceptors (Lipinski definition) is 3. The first-order valence-corrected chi connectivity index (χ1v) is 11.1. The van der Waals surface area contributed by atoms with Gasteiger partial charge in [-0.3, -0.25) is 9.59 Å². The minimum absolute atomic E-state index is 0.0590. The highest BCUT2D eigenvalue weighted by Gasteiger charge is 2.26. The number of rotatable bonds is 4. The molecule has 6 heteroatoms. The van der Waals surface area contributed by atoms with Crippen LogP contribution in [0.3, 0.4) is 0 Å². The SMILES string of the molecule is CC1CCN(c2ccc(NC(=O)c3ccc(Cl)cc3)cc2C(=O)N2CCCC2)CC1. The van der Waals surface area contributed by atoms with Crippen molar-refractivity contribution in [3.05, 3.63) is 58.6 Å². The lowest BCUT2D eigenvalue weighted by Gasteiger charge is -2.34. The summed E-state index contributed by atoms with van der Waals surface area (Å²) in [6.45, 7) is 5.80. The summed E-state index contributed by atoms with van der Waals surface area (Å²) in [5.74, 6) is 0.562. The van der Waals surface area contributed by atoms with Gasteiger partial charge in [-0.2, -0.15) is 0 Å². The Hall–Kier alpha value is -2.53. The second-order valence-electron chi connectivity index (χ2n) is 8.36. The quantitative estimate of drug-likeness (QED) is 0.744. The molecule has 2 heterocycles. The monoisotopic (exact) mass is 425 g/mol. The Morgan fingerprint density at radius 3 is 2.30 bits per heavy atom. The number of nitrogens with zero attached hydrogens (tertiary/aromatic N) is 2. The number of carbonyl (C=O) groups excluding carboxylic acids is 2. The fourth-order valence-electron chi connectivity index (χ4n) is 4.21. The first kappa shape index (κ1) is 20.7. The van der Waals surface area contributed by atoms with E-state index in [9.17, 15) is 9.59 Å². The largest absolute Gasteiger partial charge is 0.371 e. The topological polar surface area (TPSA) is 52.7 Å². The van der Waals surface area contributed by atoms with E-state index >= 15 is 0 Å². The van der Waals surface area contributed by atoms with Gasteiger partial charge in [-0.05, 0) is 74.1 Å². The first-order chi connectivity index (χ1) is 14.5. The van der Waals surface area contributed by atoms with Crippen LogP contribution >= 0.6 is 11.6 Å². The van der Waals surface area contributed by atoms with E-state index in [4.69, 9.17) is 11.6 Å². The minimum atomic E-state index is -0.217. The molecule has 2 saturated heterocycles. The fourth-order valence-corrected chi connectivity index (χ4v) is 4.33. The van der Waals surface area contributed by atoms with Crippen LogP contribution in [0.5, 0.6) is 0 Å². The third-order valence-electron chi connectivity index (χ3n) is 6.11. The maximum absolute atomic E-state index is 13.3. The Morgan fingerprint density at radius 1 is 0.967 bits per heavy atom. The number of nitrogens with one attached hydrogen (secondary N) is 1. The predicted octanol–water partition coefficient (Wildman–Crippen LogP) is 5.06. The van der Waals surface area contributed by atoms with Gasteiger partial charge in [-0.1, -0.05) is 18.5 Å². The molecular weight excluding hydrogens is 398 g/mol. The molecule has 0 radical (unpaired) electrons. The summed E-state index contributed by atoms with van der Waals surface area (Å²) in [5, 5.41) is 3.52. The van der Waals surface area contributed by atoms with Crippen molar-refractivity contribution in [1.29, 1.82) is 0 Å². The van der Waals surface area contributed by atoms with Gasteiger partial charge in [0.2, 0.25) is 0 Å². The summed E-state index contributed by atoms with van der Waals surface area (Å²) in [7, 11) is 0. The lowest BCUT2D eigenvalue weighted by molar-refractivity contribution is 0.0793. The standard InChI is InChI=1S/C24H28ClN3O2/c1-17-10-14-27(15-11-17)22-9-8-20(16-21(22)24(30)28-12-2-3-13-28)26-23(29)18-4-6-19(25)7-5-18/h4-9,16-17H,2-3,10-15H2,1H3,(H,26,29). The minimum Gasteiger partial charge on any atom is -0.371 e. The van der Waals surface area contributed by atoms with Gasteiger partial charge in [-0.25, -0.2) is 0 Å². The lowest BCUT2D eigenvalue weighted by atomic mass is 9.97. The molecule has 2 aromatic carbocycles. The lowest BCUT2D eigenvalue weighted by Crippen LogP contribution is -2.35. The van der Waals surface area contributed by atoms with Crippen molar-refractivity contribution in [3.8, 4) is 0 Å². The van der Waals surface area contributed by atoms with Crippen LogP contribution in [0.4, 0.5) is 11.4 Å². The highest BCUT2D eigenvalue weighted by Crippen LogP contribution is 2.30. The van der Waals surface area contributed by atoms with E-state index < -0.39 is 0 Å². The predicted molar refractivity (Wildman–Crippen MR) is 122 cm³/mol. The number of benzene rings is 2. The molecule has 0 spiro atoms.